The standard InChI is InChI=1S/C13H15IN2OS/c14-9-6-4-8(5-7-9)13(17)16-11-3-1-2-10(11)12(15)18/h4-7,10-11H,1-3H2,(H2,15,18)(H,16,17). The number of hydrogen-bond donors (Lipinski definition) is 2. The highest BCUT2D eigenvalue weighted by molar-refractivity contribution is 14.1. The monoisotopic (exact) mass is 374 g/mol. The van der Waals surface area contributed by atoms with Crippen LogP contribution in [0.25, 0.3) is 0 Å². The van der Waals surface area contributed by atoms with Crippen LogP contribution in [-0.2, 0) is 0 Å². The molecule has 0 heterocycles. The Bertz CT molecular complexity index is 461. The van der Waals surface area contributed by atoms with Crippen LogP contribution in [0.2, 0.25) is 0 Å². The van der Waals surface area contributed by atoms with Crippen LogP contribution >= 0.6 is 34.8 Å². The number of hydrogen-bond acceptors (Lipinski definition) is 2. The maximum atomic E-state index is 12.1. The Hall–Kier alpha value is -0.690. The number of nitrogens with two attached hydrogens (primary N) is 1. The van der Waals surface area contributed by atoms with E-state index in [1.165, 1.54) is 0 Å². The second kappa shape index (κ2) is 5.97. The van der Waals surface area contributed by atoms with Gasteiger partial charge in [-0.2, -0.15) is 0 Å². The van der Waals surface area contributed by atoms with E-state index in [1.807, 2.05) is 24.3 Å². The second-order valence-electron chi connectivity index (χ2n) is 4.53. The molecule has 0 saturated heterocycles. The van der Waals surface area contributed by atoms with Crippen LogP contribution in [0.15, 0.2) is 24.3 Å². The molecule has 1 saturated carbocycles. The molecule has 3 nitrogen and oxygen atoms in total. The molecule has 0 radical (unpaired) electrons. The number of carbonyl (C=O) groups is 1. The lowest BCUT2D eigenvalue weighted by Gasteiger charge is -2.19. The van der Waals surface area contributed by atoms with Gasteiger partial charge in [0.15, 0.2) is 0 Å². The lowest BCUT2D eigenvalue weighted by atomic mass is 10.0. The van der Waals surface area contributed by atoms with Crippen LogP contribution in [0.5, 0.6) is 0 Å². The molecule has 2 atom stereocenters. The van der Waals surface area contributed by atoms with Gasteiger partial charge in [-0.15, -0.1) is 0 Å². The van der Waals surface area contributed by atoms with Crippen molar-refractivity contribution in [2.24, 2.45) is 11.7 Å². The zero-order valence-corrected chi connectivity index (χ0v) is 12.8. The zero-order valence-electron chi connectivity index (χ0n) is 9.86. The van der Waals surface area contributed by atoms with Gasteiger partial charge in [-0.25, -0.2) is 0 Å². The minimum Gasteiger partial charge on any atom is -0.393 e. The lowest BCUT2D eigenvalue weighted by Crippen LogP contribution is -2.41. The first-order valence-corrected chi connectivity index (χ1v) is 7.42. The SMILES string of the molecule is NC(=S)C1CCCC1NC(=O)c1ccc(I)cc1. The average molecular weight is 374 g/mol. The van der Waals surface area contributed by atoms with Crippen LogP contribution in [0.1, 0.15) is 29.6 Å². The fourth-order valence-electron chi connectivity index (χ4n) is 2.33. The van der Waals surface area contributed by atoms with Gasteiger partial charge in [0, 0.05) is 21.1 Å². The normalized spacial score (nSPS) is 22.7. The van der Waals surface area contributed by atoms with Crippen molar-refractivity contribution in [1.82, 2.24) is 5.32 Å². The lowest BCUT2D eigenvalue weighted by molar-refractivity contribution is 0.0934. The summed E-state index contributed by atoms with van der Waals surface area (Å²) in [5, 5.41) is 3.04. The van der Waals surface area contributed by atoms with Gasteiger partial charge in [0.1, 0.15) is 0 Å². The third-order valence-electron chi connectivity index (χ3n) is 3.30. The van der Waals surface area contributed by atoms with E-state index in [0.717, 1.165) is 22.8 Å². The number of nitrogens with one attached hydrogen (secondary N) is 1. The minimum atomic E-state index is -0.0421. The van der Waals surface area contributed by atoms with Gasteiger partial charge in [-0.3, -0.25) is 4.79 Å². The minimum absolute atomic E-state index is 0.0421. The maximum Gasteiger partial charge on any atom is 0.251 e. The second-order valence-corrected chi connectivity index (χ2v) is 6.24. The van der Waals surface area contributed by atoms with Gasteiger partial charge < -0.3 is 11.1 Å². The Labute approximate surface area is 126 Å². The molecule has 1 aromatic rings. The highest BCUT2D eigenvalue weighted by Crippen LogP contribution is 2.26. The number of rotatable bonds is 3. The molecule has 96 valence electrons. The van der Waals surface area contributed by atoms with Gasteiger partial charge in [0.2, 0.25) is 0 Å². The van der Waals surface area contributed by atoms with E-state index < -0.39 is 0 Å². The van der Waals surface area contributed by atoms with Crippen molar-refractivity contribution in [3.63, 3.8) is 0 Å². The Morgan fingerprint density at radius 3 is 2.61 bits per heavy atom. The molecule has 3 N–H and O–H groups in total. The molecule has 0 bridgehead atoms. The van der Waals surface area contributed by atoms with Crippen molar-refractivity contribution in [2.45, 2.75) is 25.3 Å². The van der Waals surface area contributed by atoms with Gasteiger partial charge in [-0.1, -0.05) is 18.6 Å². The molecule has 1 aromatic carbocycles. The van der Waals surface area contributed by atoms with E-state index >= 15 is 0 Å². The zero-order chi connectivity index (χ0) is 13.1. The van der Waals surface area contributed by atoms with Crippen LogP contribution < -0.4 is 11.1 Å². The number of thiocarbonyl (C=S) groups is 1. The number of halogens is 1. The summed E-state index contributed by atoms with van der Waals surface area (Å²) in [6.07, 6.45) is 3.00. The van der Waals surface area contributed by atoms with Gasteiger partial charge in [0.25, 0.3) is 5.91 Å². The van der Waals surface area contributed by atoms with Crippen LogP contribution in [0, 0.1) is 9.49 Å². The fraction of sp³-hybridized carbons (Fsp3) is 0.385. The average Bonchev–Trinajstić information content (AvgIpc) is 2.78. The third-order valence-corrected chi connectivity index (χ3v) is 4.33. The topological polar surface area (TPSA) is 55.1 Å². The van der Waals surface area contributed by atoms with Crippen LogP contribution in [0.4, 0.5) is 0 Å². The van der Waals surface area contributed by atoms with Crippen molar-refractivity contribution in [3.8, 4) is 0 Å². The van der Waals surface area contributed by atoms with Crippen molar-refractivity contribution in [3.05, 3.63) is 33.4 Å². The first-order valence-electron chi connectivity index (χ1n) is 5.93. The first-order chi connectivity index (χ1) is 8.58. The highest BCUT2D eigenvalue weighted by Gasteiger charge is 2.30. The number of amides is 1. The summed E-state index contributed by atoms with van der Waals surface area (Å²) in [7, 11) is 0. The Balaban J connectivity index is 2.03. The molecule has 2 unspecified atom stereocenters. The summed E-state index contributed by atoms with van der Waals surface area (Å²) < 4.78 is 1.12. The summed E-state index contributed by atoms with van der Waals surface area (Å²) in [6.45, 7) is 0. The molecule has 1 aliphatic rings. The Morgan fingerprint density at radius 2 is 2.00 bits per heavy atom. The summed E-state index contributed by atoms with van der Waals surface area (Å²) >= 11 is 7.26. The van der Waals surface area contributed by atoms with Crippen LogP contribution in [-0.4, -0.2) is 16.9 Å². The molecule has 0 aliphatic heterocycles. The van der Waals surface area contributed by atoms with E-state index in [4.69, 9.17) is 18.0 Å². The summed E-state index contributed by atoms with van der Waals surface area (Å²) in [4.78, 5) is 12.6. The molecule has 0 spiro atoms. The quantitative estimate of drug-likeness (QED) is 0.632. The summed E-state index contributed by atoms with van der Waals surface area (Å²) in [5.41, 5.74) is 6.39. The fourth-order valence-corrected chi connectivity index (χ4v) is 2.97. The Kier molecular flexibility index (Phi) is 4.55. The number of benzene rings is 1. The molecule has 1 fully saturated rings. The largest absolute Gasteiger partial charge is 0.393 e. The van der Waals surface area contributed by atoms with Crippen molar-refractivity contribution >= 4 is 45.7 Å². The van der Waals surface area contributed by atoms with Crippen molar-refractivity contribution in [1.29, 1.82) is 0 Å². The first kappa shape index (κ1) is 13.7. The van der Waals surface area contributed by atoms with Crippen LogP contribution in [0.3, 0.4) is 0 Å². The van der Waals surface area contributed by atoms with E-state index in [9.17, 15) is 4.79 Å². The van der Waals surface area contributed by atoms with E-state index in [0.29, 0.717) is 10.6 Å². The summed E-state index contributed by atoms with van der Waals surface area (Å²) in [5.74, 6) is 0.104. The molecule has 18 heavy (non-hydrogen) atoms. The Morgan fingerprint density at radius 1 is 1.33 bits per heavy atom. The van der Waals surface area contributed by atoms with E-state index in [2.05, 4.69) is 27.9 Å². The number of carbonyl (C=O) groups excluding carboxylic acids is 1. The molecule has 5 heteroatoms. The van der Waals surface area contributed by atoms with E-state index in [1.54, 1.807) is 0 Å². The predicted octanol–water partition coefficient (Wildman–Crippen LogP) is 2.48. The van der Waals surface area contributed by atoms with Crippen molar-refractivity contribution < 1.29 is 4.79 Å². The molecule has 1 aliphatic carbocycles. The molecular formula is C13H15IN2OS. The van der Waals surface area contributed by atoms with Gasteiger partial charge >= 0.3 is 0 Å². The van der Waals surface area contributed by atoms with Crippen molar-refractivity contribution in [2.75, 3.05) is 0 Å². The molecule has 1 amide bonds. The van der Waals surface area contributed by atoms with Gasteiger partial charge in [-0.05, 0) is 59.7 Å². The third kappa shape index (κ3) is 3.20. The molecule has 0 aromatic heterocycles. The smallest absolute Gasteiger partial charge is 0.251 e. The maximum absolute atomic E-state index is 12.1. The molecule has 2 rings (SSSR count). The van der Waals surface area contributed by atoms with E-state index in [-0.39, 0.29) is 17.9 Å². The molecular weight excluding hydrogens is 359 g/mol. The predicted molar refractivity (Wildman–Crippen MR) is 84.5 cm³/mol. The summed E-state index contributed by atoms with van der Waals surface area (Å²) in [6, 6.07) is 7.61. The van der Waals surface area contributed by atoms with Gasteiger partial charge in [0.05, 0.1) is 4.99 Å². The highest BCUT2D eigenvalue weighted by atomic mass is 127.